The van der Waals surface area contributed by atoms with Gasteiger partial charge in [0.1, 0.15) is 6.29 Å². The Morgan fingerprint density at radius 3 is 2.55 bits per heavy atom. The van der Waals surface area contributed by atoms with Crippen molar-refractivity contribution in [3.8, 4) is 0 Å². The Labute approximate surface area is 70.2 Å². The Hall–Kier alpha value is -0.330. The number of rotatable bonds is 7. The standard InChI is InChI=1S/C10H20O/c1-3-7-10(2)8-5-4-6-9-11/h9-10H,3-8H2,1-2H3/t10-/m0/s1. The first kappa shape index (κ1) is 10.7. The number of aldehydes is 1. The second-order valence-corrected chi connectivity index (χ2v) is 3.34. The lowest BCUT2D eigenvalue weighted by molar-refractivity contribution is -0.107. The predicted molar refractivity (Wildman–Crippen MR) is 48.6 cm³/mol. The molecule has 0 unspecified atom stereocenters. The summed E-state index contributed by atoms with van der Waals surface area (Å²) in [6, 6.07) is 0. The SMILES string of the molecule is CCC[C@H](C)CCCCC=O. The highest BCUT2D eigenvalue weighted by atomic mass is 16.1. The summed E-state index contributed by atoms with van der Waals surface area (Å²) < 4.78 is 0. The van der Waals surface area contributed by atoms with Crippen LogP contribution in [0.4, 0.5) is 0 Å². The first-order valence-electron chi connectivity index (χ1n) is 4.74. The largest absolute Gasteiger partial charge is 0.303 e. The van der Waals surface area contributed by atoms with Crippen LogP contribution in [0.3, 0.4) is 0 Å². The fraction of sp³-hybridized carbons (Fsp3) is 0.900. The quantitative estimate of drug-likeness (QED) is 0.408. The Bertz CT molecular complexity index is 88.9. The Morgan fingerprint density at radius 1 is 1.27 bits per heavy atom. The van der Waals surface area contributed by atoms with E-state index in [1.165, 1.54) is 25.7 Å². The van der Waals surface area contributed by atoms with Crippen LogP contribution in [-0.4, -0.2) is 6.29 Å². The maximum Gasteiger partial charge on any atom is 0.119 e. The Balaban J connectivity index is 3.03. The van der Waals surface area contributed by atoms with Gasteiger partial charge in [-0.3, -0.25) is 0 Å². The number of hydrogen-bond donors (Lipinski definition) is 0. The van der Waals surface area contributed by atoms with E-state index < -0.39 is 0 Å². The van der Waals surface area contributed by atoms with Crippen molar-refractivity contribution in [1.82, 2.24) is 0 Å². The monoisotopic (exact) mass is 156 g/mol. The molecule has 0 aromatic rings. The summed E-state index contributed by atoms with van der Waals surface area (Å²) in [6.45, 7) is 4.52. The van der Waals surface area contributed by atoms with Crippen molar-refractivity contribution in [3.63, 3.8) is 0 Å². The minimum Gasteiger partial charge on any atom is -0.303 e. The molecule has 0 amide bonds. The maximum atomic E-state index is 9.98. The fourth-order valence-corrected chi connectivity index (χ4v) is 1.36. The van der Waals surface area contributed by atoms with E-state index in [2.05, 4.69) is 13.8 Å². The van der Waals surface area contributed by atoms with Crippen LogP contribution in [0.15, 0.2) is 0 Å². The summed E-state index contributed by atoms with van der Waals surface area (Å²) in [5.41, 5.74) is 0. The van der Waals surface area contributed by atoms with E-state index in [-0.39, 0.29) is 0 Å². The van der Waals surface area contributed by atoms with Crippen LogP contribution in [0.1, 0.15) is 52.4 Å². The van der Waals surface area contributed by atoms with E-state index in [1.807, 2.05) is 0 Å². The van der Waals surface area contributed by atoms with Gasteiger partial charge >= 0.3 is 0 Å². The molecule has 11 heavy (non-hydrogen) atoms. The first-order chi connectivity index (χ1) is 5.31. The third-order valence-electron chi connectivity index (χ3n) is 2.05. The van der Waals surface area contributed by atoms with Gasteiger partial charge < -0.3 is 4.79 Å². The molecule has 0 saturated carbocycles. The van der Waals surface area contributed by atoms with Crippen LogP contribution < -0.4 is 0 Å². The van der Waals surface area contributed by atoms with Crippen molar-refractivity contribution in [2.24, 2.45) is 5.92 Å². The van der Waals surface area contributed by atoms with Crippen LogP contribution >= 0.6 is 0 Å². The number of hydrogen-bond acceptors (Lipinski definition) is 1. The highest BCUT2D eigenvalue weighted by Crippen LogP contribution is 2.13. The zero-order valence-corrected chi connectivity index (χ0v) is 7.81. The lowest BCUT2D eigenvalue weighted by atomic mass is 9.99. The number of unbranched alkanes of at least 4 members (excludes halogenated alkanes) is 2. The third-order valence-corrected chi connectivity index (χ3v) is 2.05. The van der Waals surface area contributed by atoms with Gasteiger partial charge in [-0.25, -0.2) is 0 Å². The molecule has 0 spiro atoms. The first-order valence-corrected chi connectivity index (χ1v) is 4.74. The molecule has 0 aliphatic heterocycles. The fourth-order valence-electron chi connectivity index (χ4n) is 1.36. The zero-order chi connectivity index (χ0) is 8.53. The van der Waals surface area contributed by atoms with Gasteiger partial charge in [0.05, 0.1) is 0 Å². The van der Waals surface area contributed by atoms with E-state index in [0.29, 0.717) is 0 Å². The van der Waals surface area contributed by atoms with E-state index in [4.69, 9.17) is 0 Å². The molecule has 66 valence electrons. The maximum absolute atomic E-state index is 9.98. The molecule has 0 N–H and O–H groups in total. The van der Waals surface area contributed by atoms with Crippen molar-refractivity contribution >= 4 is 6.29 Å². The molecule has 0 aromatic carbocycles. The van der Waals surface area contributed by atoms with Crippen molar-refractivity contribution in [2.75, 3.05) is 0 Å². The molecule has 0 aromatic heterocycles. The van der Waals surface area contributed by atoms with E-state index >= 15 is 0 Å². The van der Waals surface area contributed by atoms with Crippen LogP contribution in [0.25, 0.3) is 0 Å². The normalized spacial score (nSPS) is 12.9. The molecular weight excluding hydrogens is 136 g/mol. The molecule has 0 heterocycles. The molecule has 1 heteroatoms. The molecule has 0 radical (unpaired) electrons. The highest BCUT2D eigenvalue weighted by Gasteiger charge is 1.98. The minimum atomic E-state index is 0.749. The van der Waals surface area contributed by atoms with Gasteiger partial charge in [-0.05, 0) is 12.3 Å². The van der Waals surface area contributed by atoms with Gasteiger partial charge in [-0.2, -0.15) is 0 Å². The van der Waals surface area contributed by atoms with Gasteiger partial charge in [-0.15, -0.1) is 0 Å². The molecule has 0 bridgehead atoms. The summed E-state index contributed by atoms with van der Waals surface area (Å²) in [5, 5.41) is 0. The summed E-state index contributed by atoms with van der Waals surface area (Å²) in [5.74, 6) is 0.853. The third kappa shape index (κ3) is 7.57. The smallest absolute Gasteiger partial charge is 0.119 e. The zero-order valence-electron chi connectivity index (χ0n) is 7.81. The lowest BCUT2D eigenvalue weighted by Gasteiger charge is -2.07. The van der Waals surface area contributed by atoms with Crippen LogP contribution in [-0.2, 0) is 4.79 Å². The van der Waals surface area contributed by atoms with E-state index in [1.54, 1.807) is 0 Å². The van der Waals surface area contributed by atoms with Crippen molar-refractivity contribution in [3.05, 3.63) is 0 Å². The van der Waals surface area contributed by atoms with Gasteiger partial charge in [0, 0.05) is 6.42 Å². The number of carbonyl (C=O) groups is 1. The highest BCUT2D eigenvalue weighted by molar-refractivity contribution is 5.48. The van der Waals surface area contributed by atoms with Crippen molar-refractivity contribution in [1.29, 1.82) is 0 Å². The topological polar surface area (TPSA) is 17.1 Å². The molecule has 0 rings (SSSR count). The van der Waals surface area contributed by atoms with Gasteiger partial charge in [0.2, 0.25) is 0 Å². The summed E-state index contributed by atoms with van der Waals surface area (Å²) in [6.07, 6.45) is 7.98. The Kier molecular flexibility index (Phi) is 7.54. The lowest BCUT2D eigenvalue weighted by Crippen LogP contribution is -1.93. The molecule has 1 atom stereocenters. The van der Waals surface area contributed by atoms with Crippen molar-refractivity contribution in [2.45, 2.75) is 52.4 Å². The van der Waals surface area contributed by atoms with Gasteiger partial charge in [0.25, 0.3) is 0 Å². The molecule has 1 nitrogen and oxygen atoms in total. The molecule has 0 saturated heterocycles. The molecule has 0 fully saturated rings. The second-order valence-electron chi connectivity index (χ2n) is 3.34. The average molecular weight is 156 g/mol. The van der Waals surface area contributed by atoms with Crippen molar-refractivity contribution < 1.29 is 4.79 Å². The molecule has 0 aliphatic carbocycles. The van der Waals surface area contributed by atoms with Gasteiger partial charge in [0.15, 0.2) is 0 Å². The van der Waals surface area contributed by atoms with Crippen LogP contribution in [0.2, 0.25) is 0 Å². The molecule has 0 aliphatic rings. The summed E-state index contributed by atoms with van der Waals surface area (Å²) >= 11 is 0. The van der Waals surface area contributed by atoms with Crippen LogP contribution in [0, 0.1) is 5.92 Å². The molecular formula is C10H20O. The second kappa shape index (κ2) is 7.77. The van der Waals surface area contributed by atoms with E-state index in [0.717, 1.165) is 25.0 Å². The van der Waals surface area contributed by atoms with E-state index in [9.17, 15) is 4.79 Å². The summed E-state index contributed by atoms with van der Waals surface area (Å²) in [7, 11) is 0. The Morgan fingerprint density at radius 2 is 2.00 bits per heavy atom. The predicted octanol–water partition coefficient (Wildman–Crippen LogP) is 3.18. The minimum absolute atomic E-state index is 0.749. The van der Waals surface area contributed by atoms with Gasteiger partial charge in [-0.1, -0.05) is 39.5 Å². The van der Waals surface area contributed by atoms with Crippen LogP contribution in [0.5, 0.6) is 0 Å². The average Bonchev–Trinajstić information content (AvgIpc) is 1.99. The summed E-state index contributed by atoms with van der Waals surface area (Å²) in [4.78, 5) is 9.98. The number of carbonyl (C=O) groups excluding carboxylic acids is 1.